The Balaban J connectivity index is 2.25. The van der Waals surface area contributed by atoms with E-state index in [0.717, 1.165) is 36.4 Å². The van der Waals surface area contributed by atoms with Gasteiger partial charge in [-0.05, 0) is 55.3 Å². The highest BCUT2D eigenvalue weighted by atomic mass is 19.1. The normalized spacial score (nSPS) is 10.6. The average Bonchev–Trinajstić information content (AvgIpc) is 2.50. The Morgan fingerprint density at radius 2 is 1.95 bits per heavy atom. The van der Waals surface area contributed by atoms with Crippen LogP contribution in [0.2, 0.25) is 0 Å². The van der Waals surface area contributed by atoms with Crippen molar-refractivity contribution in [3.63, 3.8) is 0 Å². The summed E-state index contributed by atoms with van der Waals surface area (Å²) >= 11 is 0. The van der Waals surface area contributed by atoms with E-state index >= 15 is 0 Å². The zero-order valence-corrected chi connectivity index (χ0v) is 12.7. The van der Waals surface area contributed by atoms with Crippen molar-refractivity contribution in [3.8, 4) is 16.9 Å². The second-order valence-corrected chi connectivity index (χ2v) is 4.95. The van der Waals surface area contributed by atoms with Crippen LogP contribution in [0.25, 0.3) is 11.1 Å². The summed E-state index contributed by atoms with van der Waals surface area (Å²) in [6, 6.07) is 12.8. The molecule has 0 aromatic heterocycles. The van der Waals surface area contributed by atoms with Crippen molar-refractivity contribution in [3.05, 3.63) is 53.8 Å². The van der Waals surface area contributed by atoms with Crippen LogP contribution in [0.1, 0.15) is 25.8 Å². The zero-order valence-electron chi connectivity index (χ0n) is 12.7. The fraction of sp³-hybridized carbons (Fsp3) is 0.333. The Morgan fingerprint density at radius 1 is 1.10 bits per heavy atom. The van der Waals surface area contributed by atoms with Crippen molar-refractivity contribution < 1.29 is 9.13 Å². The monoisotopic (exact) mass is 287 g/mol. The predicted molar refractivity (Wildman–Crippen MR) is 85.0 cm³/mol. The van der Waals surface area contributed by atoms with Crippen LogP contribution in [-0.4, -0.2) is 13.2 Å². The molecule has 21 heavy (non-hydrogen) atoms. The molecule has 0 amide bonds. The summed E-state index contributed by atoms with van der Waals surface area (Å²) in [5.41, 5.74) is 2.55. The van der Waals surface area contributed by atoms with Gasteiger partial charge >= 0.3 is 0 Å². The lowest BCUT2D eigenvalue weighted by atomic mass is 10.0. The highest BCUT2D eigenvalue weighted by molar-refractivity contribution is 5.66. The van der Waals surface area contributed by atoms with Crippen LogP contribution in [0.15, 0.2) is 42.5 Å². The predicted octanol–water partition coefficient (Wildman–Crippen LogP) is 4.39. The lowest BCUT2D eigenvalue weighted by Crippen LogP contribution is -2.13. The first-order valence-corrected chi connectivity index (χ1v) is 7.47. The highest BCUT2D eigenvalue weighted by Gasteiger charge is 2.07. The molecule has 0 fully saturated rings. The Bertz CT molecular complexity index is 583. The molecule has 0 unspecified atom stereocenters. The first-order valence-electron chi connectivity index (χ1n) is 7.47. The molecule has 0 atom stereocenters. The molecule has 0 saturated carbocycles. The summed E-state index contributed by atoms with van der Waals surface area (Å²) in [6.07, 6.45) is 1.09. The number of ether oxygens (including phenoxy) is 1. The molecule has 2 rings (SSSR count). The molecule has 112 valence electrons. The van der Waals surface area contributed by atoms with Gasteiger partial charge in [0.25, 0.3) is 0 Å². The number of halogens is 1. The van der Waals surface area contributed by atoms with E-state index in [1.807, 2.05) is 43.3 Å². The van der Waals surface area contributed by atoms with Crippen molar-refractivity contribution in [1.29, 1.82) is 0 Å². The third kappa shape index (κ3) is 4.30. The Morgan fingerprint density at radius 3 is 2.71 bits per heavy atom. The summed E-state index contributed by atoms with van der Waals surface area (Å²) < 4.78 is 19.6. The maximum absolute atomic E-state index is 14.1. The first-order chi connectivity index (χ1) is 10.2. The number of nitrogens with one attached hydrogen (secondary N) is 1. The number of benzene rings is 2. The van der Waals surface area contributed by atoms with Crippen LogP contribution >= 0.6 is 0 Å². The topological polar surface area (TPSA) is 21.3 Å². The van der Waals surface area contributed by atoms with Gasteiger partial charge in [0.05, 0.1) is 6.61 Å². The molecule has 0 aliphatic carbocycles. The molecule has 0 radical (unpaired) electrons. The summed E-state index contributed by atoms with van der Waals surface area (Å²) in [5, 5.41) is 3.33. The standard InChI is InChI=1S/C18H22FNO/c1-3-10-20-13-14-8-9-18(19)17(11-14)15-6-5-7-16(12-15)21-4-2/h5-9,11-12,20H,3-4,10,13H2,1-2H3. The van der Waals surface area contributed by atoms with Crippen LogP contribution in [0.3, 0.4) is 0 Å². The van der Waals surface area contributed by atoms with Crippen LogP contribution < -0.4 is 10.1 Å². The molecule has 0 aliphatic rings. The van der Waals surface area contributed by atoms with E-state index in [1.54, 1.807) is 0 Å². The molecule has 1 N–H and O–H groups in total. The van der Waals surface area contributed by atoms with Crippen LogP contribution in [0, 0.1) is 5.82 Å². The minimum Gasteiger partial charge on any atom is -0.494 e. The lowest BCUT2D eigenvalue weighted by Gasteiger charge is -2.10. The minimum atomic E-state index is -0.206. The van der Waals surface area contributed by atoms with Crippen molar-refractivity contribution in [2.24, 2.45) is 0 Å². The molecule has 2 aromatic rings. The molecule has 2 nitrogen and oxygen atoms in total. The van der Waals surface area contributed by atoms with E-state index in [-0.39, 0.29) is 5.82 Å². The largest absolute Gasteiger partial charge is 0.494 e. The summed E-state index contributed by atoms with van der Waals surface area (Å²) in [7, 11) is 0. The molecule has 0 heterocycles. The van der Waals surface area contributed by atoms with Gasteiger partial charge in [0.1, 0.15) is 11.6 Å². The maximum atomic E-state index is 14.1. The smallest absolute Gasteiger partial charge is 0.131 e. The van der Waals surface area contributed by atoms with Crippen LogP contribution in [0.5, 0.6) is 5.75 Å². The van der Waals surface area contributed by atoms with E-state index < -0.39 is 0 Å². The van der Waals surface area contributed by atoms with E-state index in [4.69, 9.17) is 4.74 Å². The summed E-state index contributed by atoms with van der Waals surface area (Å²) in [6.45, 7) is 6.39. The van der Waals surface area contributed by atoms with Gasteiger partial charge < -0.3 is 10.1 Å². The molecule has 0 bridgehead atoms. The van der Waals surface area contributed by atoms with E-state index in [0.29, 0.717) is 12.2 Å². The Labute approximate surface area is 126 Å². The molecule has 2 aromatic carbocycles. The van der Waals surface area contributed by atoms with Gasteiger partial charge in [0.2, 0.25) is 0 Å². The molecule has 0 saturated heterocycles. The molecular weight excluding hydrogens is 265 g/mol. The van der Waals surface area contributed by atoms with Crippen molar-refractivity contribution in [2.75, 3.05) is 13.2 Å². The van der Waals surface area contributed by atoms with Crippen molar-refractivity contribution in [1.82, 2.24) is 5.32 Å². The molecule has 0 aliphatic heterocycles. The zero-order chi connectivity index (χ0) is 15.1. The van der Waals surface area contributed by atoms with Gasteiger partial charge in [0.15, 0.2) is 0 Å². The quantitative estimate of drug-likeness (QED) is 0.763. The van der Waals surface area contributed by atoms with Crippen LogP contribution in [0.4, 0.5) is 4.39 Å². The third-order valence-corrected chi connectivity index (χ3v) is 3.24. The van der Waals surface area contributed by atoms with Crippen LogP contribution in [-0.2, 0) is 6.54 Å². The first kappa shape index (κ1) is 15.5. The average molecular weight is 287 g/mol. The molecule has 3 heteroatoms. The second-order valence-electron chi connectivity index (χ2n) is 4.95. The van der Waals surface area contributed by atoms with Gasteiger partial charge in [-0.1, -0.05) is 25.1 Å². The second kappa shape index (κ2) is 7.79. The molecule has 0 spiro atoms. The van der Waals surface area contributed by atoms with Crippen molar-refractivity contribution in [2.45, 2.75) is 26.8 Å². The fourth-order valence-corrected chi connectivity index (χ4v) is 2.23. The number of hydrogen-bond acceptors (Lipinski definition) is 2. The minimum absolute atomic E-state index is 0.206. The SMILES string of the molecule is CCCNCc1ccc(F)c(-c2cccc(OCC)c2)c1. The van der Waals surface area contributed by atoms with Gasteiger partial charge in [-0.25, -0.2) is 4.39 Å². The van der Waals surface area contributed by atoms with Gasteiger partial charge in [0, 0.05) is 12.1 Å². The summed E-state index contributed by atoms with van der Waals surface area (Å²) in [4.78, 5) is 0. The van der Waals surface area contributed by atoms with E-state index in [1.165, 1.54) is 6.07 Å². The number of hydrogen-bond donors (Lipinski definition) is 1. The van der Waals surface area contributed by atoms with Gasteiger partial charge in [-0.3, -0.25) is 0 Å². The summed E-state index contributed by atoms with van der Waals surface area (Å²) in [5.74, 6) is 0.562. The molecular formula is C18H22FNO. The highest BCUT2D eigenvalue weighted by Crippen LogP contribution is 2.27. The van der Waals surface area contributed by atoms with E-state index in [2.05, 4.69) is 12.2 Å². The van der Waals surface area contributed by atoms with Crippen molar-refractivity contribution >= 4 is 0 Å². The third-order valence-electron chi connectivity index (χ3n) is 3.24. The maximum Gasteiger partial charge on any atom is 0.131 e. The Hall–Kier alpha value is -1.87. The van der Waals surface area contributed by atoms with E-state index in [9.17, 15) is 4.39 Å². The Kier molecular flexibility index (Phi) is 5.76. The van der Waals surface area contributed by atoms with Gasteiger partial charge in [-0.2, -0.15) is 0 Å². The van der Waals surface area contributed by atoms with Gasteiger partial charge in [-0.15, -0.1) is 0 Å². The number of rotatable bonds is 7. The lowest BCUT2D eigenvalue weighted by molar-refractivity contribution is 0.340. The fourth-order valence-electron chi connectivity index (χ4n) is 2.23.